The van der Waals surface area contributed by atoms with Crippen LogP contribution in [0.15, 0.2) is 0 Å². The number of carbonyl (C=O) groups is 9. The third kappa shape index (κ3) is 21.2. The molecular formula is C32H59N11O11S. The maximum Gasteiger partial charge on any atom is 0.327 e. The van der Waals surface area contributed by atoms with Gasteiger partial charge >= 0.3 is 5.97 Å². The fourth-order valence-corrected chi connectivity index (χ4v) is 5.14. The van der Waals surface area contributed by atoms with Crippen molar-refractivity contribution < 1.29 is 53.4 Å². The van der Waals surface area contributed by atoms with Crippen molar-refractivity contribution in [3.05, 3.63) is 0 Å². The van der Waals surface area contributed by atoms with Gasteiger partial charge < -0.3 is 70.4 Å². The van der Waals surface area contributed by atoms with Crippen LogP contribution >= 0.6 is 12.6 Å². The summed E-state index contributed by atoms with van der Waals surface area (Å²) in [4.78, 5) is 113. The van der Waals surface area contributed by atoms with Crippen molar-refractivity contribution in [1.29, 1.82) is 0 Å². The lowest BCUT2D eigenvalue weighted by molar-refractivity contribution is -0.141. The molecule has 23 heteroatoms. The third-order valence-corrected chi connectivity index (χ3v) is 8.16. The van der Waals surface area contributed by atoms with E-state index in [2.05, 4.69) is 49.8 Å². The summed E-state index contributed by atoms with van der Waals surface area (Å²) in [5, 5.41) is 35.1. The summed E-state index contributed by atoms with van der Waals surface area (Å²) in [6, 6.07) is -8.14. The number of carboxylic acids is 1. The number of primary amides is 1. The van der Waals surface area contributed by atoms with Gasteiger partial charge in [0.05, 0.1) is 26.1 Å². The average molecular weight is 806 g/mol. The molecule has 0 aliphatic heterocycles. The predicted octanol–water partition coefficient (Wildman–Crippen LogP) is -5.84. The first kappa shape index (κ1) is 50.4. The SMILES string of the molecule is CC(C)C[C@H](NC(=O)CN)C(=O)N[C@@H](CCCCN)C(=O)N[C@@H](CCCCN)C(=O)N[C@@H](CC(N)=O)C(=O)NCC(=O)N[C@@H](CO)C(=O)N[C@@H](CS)C(=O)O. The molecule has 0 saturated heterocycles. The lowest BCUT2D eigenvalue weighted by Crippen LogP contribution is -2.59. The molecule has 0 radical (unpaired) electrons. The number of rotatable bonds is 29. The molecule has 22 nitrogen and oxygen atoms in total. The number of aliphatic carboxylic acids is 1. The van der Waals surface area contributed by atoms with Crippen molar-refractivity contribution in [2.75, 3.05) is 38.5 Å². The number of hydrogen-bond donors (Lipinski definition) is 14. The van der Waals surface area contributed by atoms with Crippen LogP contribution in [0.5, 0.6) is 0 Å². The molecule has 0 rings (SSSR count). The summed E-state index contributed by atoms with van der Waals surface area (Å²) in [5.74, 6) is -8.71. The lowest BCUT2D eigenvalue weighted by atomic mass is 10.0. The zero-order valence-electron chi connectivity index (χ0n) is 31.3. The van der Waals surface area contributed by atoms with Gasteiger partial charge in [-0.2, -0.15) is 12.6 Å². The normalized spacial score (nSPS) is 14.2. The minimum atomic E-state index is -1.64. The second-order valence-electron chi connectivity index (χ2n) is 13.0. The van der Waals surface area contributed by atoms with E-state index in [0.29, 0.717) is 32.2 Å². The maximum absolute atomic E-state index is 13.6. The van der Waals surface area contributed by atoms with Gasteiger partial charge in [-0.05, 0) is 64.0 Å². The first-order valence-electron chi connectivity index (χ1n) is 17.8. The van der Waals surface area contributed by atoms with Crippen molar-refractivity contribution in [2.45, 2.75) is 101 Å². The molecule has 55 heavy (non-hydrogen) atoms. The van der Waals surface area contributed by atoms with E-state index in [1.807, 2.05) is 13.8 Å². The minimum absolute atomic E-state index is 0.0190. The van der Waals surface area contributed by atoms with Gasteiger partial charge in [-0.15, -0.1) is 0 Å². The number of carboxylic acid groups (broad SMARTS) is 1. The fourth-order valence-electron chi connectivity index (χ4n) is 4.89. The molecule has 0 aromatic rings. The Hall–Kier alpha value is -4.58. The van der Waals surface area contributed by atoms with E-state index in [1.54, 1.807) is 0 Å². The standard InChI is InChI=1S/C32H59N11O11S/c1-17(2)11-20(38-25(46)13-35)30(51)41-18(7-3-5-9-33)28(49)40-19(8-4-6-10-34)29(50)42-21(12-24(36)45)27(48)37-14-26(47)39-22(15-44)31(52)43-23(16-55)32(53)54/h17-23,44,55H,3-16,33-35H2,1-2H3,(H2,36,45)(H,37,48)(H,38,46)(H,39,47)(H,40,49)(H,41,51)(H,42,50)(H,43,52)(H,53,54)/t18-,19-,20-,21-,22-,23-/m0/s1. The zero-order valence-corrected chi connectivity index (χ0v) is 32.2. The lowest BCUT2D eigenvalue weighted by Gasteiger charge is -2.27. The first-order valence-corrected chi connectivity index (χ1v) is 18.5. The highest BCUT2D eigenvalue weighted by Gasteiger charge is 2.32. The molecule has 0 unspecified atom stereocenters. The molecule has 17 N–H and O–H groups in total. The van der Waals surface area contributed by atoms with E-state index < -0.39 is 109 Å². The maximum atomic E-state index is 13.6. The first-order chi connectivity index (χ1) is 25.9. The van der Waals surface area contributed by atoms with Crippen molar-refractivity contribution in [3.8, 4) is 0 Å². The van der Waals surface area contributed by atoms with Crippen molar-refractivity contribution in [3.63, 3.8) is 0 Å². The number of nitrogens with one attached hydrogen (secondary N) is 7. The van der Waals surface area contributed by atoms with Crippen LogP contribution in [0.1, 0.15) is 65.2 Å². The Balaban J connectivity index is 6.00. The molecule has 0 fully saturated rings. The van der Waals surface area contributed by atoms with Crippen molar-refractivity contribution in [1.82, 2.24) is 37.2 Å². The van der Waals surface area contributed by atoms with Gasteiger partial charge in [-0.25, -0.2) is 4.79 Å². The Bertz CT molecular complexity index is 1310. The summed E-state index contributed by atoms with van der Waals surface area (Å²) < 4.78 is 0. The van der Waals surface area contributed by atoms with Gasteiger partial charge in [0.1, 0.15) is 36.3 Å². The van der Waals surface area contributed by atoms with E-state index in [-0.39, 0.29) is 44.0 Å². The molecule has 8 amide bonds. The number of nitrogens with two attached hydrogens (primary N) is 4. The molecule has 0 spiro atoms. The number of unbranched alkanes of at least 4 members (excludes halogenated alkanes) is 2. The Kier molecular flexibility index (Phi) is 25.6. The number of carbonyl (C=O) groups excluding carboxylic acids is 8. The van der Waals surface area contributed by atoms with Crippen LogP contribution in [0, 0.1) is 5.92 Å². The molecule has 314 valence electrons. The quantitative estimate of drug-likeness (QED) is 0.0247. The fraction of sp³-hybridized carbons (Fsp3) is 0.719. The van der Waals surface area contributed by atoms with Crippen LogP contribution in [-0.4, -0.2) is 138 Å². The van der Waals surface area contributed by atoms with E-state index >= 15 is 0 Å². The third-order valence-electron chi connectivity index (χ3n) is 7.80. The summed E-state index contributed by atoms with van der Waals surface area (Å²) in [5.41, 5.74) is 22.0. The molecule has 0 saturated carbocycles. The van der Waals surface area contributed by atoms with Crippen molar-refractivity contribution in [2.24, 2.45) is 28.9 Å². The molecule has 0 heterocycles. The van der Waals surface area contributed by atoms with Gasteiger partial charge in [0.2, 0.25) is 47.3 Å². The molecular weight excluding hydrogens is 746 g/mol. The van der Waals surface area contributed by atoms with Gasteiger partial charge in [0.15, 0.2) is 0 Å². The molecule has 0 aliphatic rings. The monoisotopic (exact) mass is 805 g/mol. The van der Waals surface area contributed by atoms with Crippen LogP contribution in [0.4, 0.5) is 0 Å². The topological polar surface area (TPSA) is 382 Å². The number of aliphatic hydroxyl groups excluding tert-OH is 1. The van der Waals surface area contributed by atoms with Crippen LogP contribution in [-0.2, 0) is 43.2 Å². The Labute approximate surface area is 324 Å². The van der Waals surface area contributed by atoms with Crippen LogP contribution in [0.25, 0.3) is 0 Å². The van der Waals surface area contributed by atoms with E-state index in [9.17, 15) is 48.3 Å². The van der Waals surface area contributed by atoms with E-state index in [4.69, 9.17) is 28.0 Å². The largest absolute Gasteiger partial charge is 0.480 e. The molecule has 0 aromatic heterocycles. The highest BCUT2D eigenvalue weighted by molar-refractivity contribution is 7.80. The Morgan fingerprint density at radius 1 is 0.600 bits per heavy atom. The van der Waals surface area contributed by atoms with E-state index in [1.165, 1.54) is 0 Å². The Morgan fingerprint density at radius 2 is 1.05 bits per heavy atom. The van der Waals surface area contributed by atoms with Gasteiger partial charge in [-0.3, -0.25) is 38.4 Å². The zero-order chi connectivity index (χ0) is 42.1. The van der Waals surface area contributed by atoms with Crippen molar-refractivity contribution >= 4 is 65.9 Å². The molecule has 0 bridgehead atoms. The van der Waals surface area contributed by atoms with Gasteiger partial charge in [-0.1, -0.05) is 13.8 Å². The second-order valence-corrected chi connectivity index (χ2v) is 13.3. The van der Waals surface area contributed by atoms with Crippen LogP contribution < -0.4 is 60.2 Å². The van der Waals surface area contributed by atoms with Gasteiger partial charge in [0.25, 0.3) is 0 Å². The van der Waals surface area contributed by atoms with Gasteiger partial charge in [0, 0.05) is 5.75 Å². The van der Waals surface area contributed by atoms with Crippen LogP contribution in [0.2, 0.25) is 0 Å². The number of aliphatic hydroxyl groups is 1. The number of thiol groups is 1. The minimum Gasteiger partial charge on any atom is -0.480 e. The highest BCUT2D eigenvalue weighted by Crippen LogP contribution is 2.09. The summed E-state index contributed by atoms with van der Waals surface area (Å²) >= 11 is 3.82. The van der Waals surface area contributed by atoms with Crippen LogP contribution in [0.3, 0.4) is 0 Å². The van der Waals surface area contributed by atoms with E-state index in [0.717, 1.165) is 0 Å². The number of amides is 8. The molecule has 0 aromatic carbocycles. The summed E-state index contributed by atoms with van der Waals surface area (Å²) in [7, 11) is 0. The summed E-state index contributed by atoms with van der Waals surface area (Å²) in [6.07, 6.45) is 1.37. The number of hydrogen-bond acceptors (Lipinski definition) is 14. The highest BCUT2D eigenvalue weighted by atomic mass is 32.1. The molecule has 0 aliphatic carbocycles. The smallest absolute Gasteiger partial charge is 0.327 e. The average Bonchev–Trinajstić information content (AvgIpc) is 3.12. The predicted molar refractivity (Wildman–Crippen MR) is 201 cm³/mol. The summed E-state index contributed by atoms with van der Waals surface area (Å²) in [6.45, 7) is 2.14. The molecule has 6 atom stereocenters. The second kappa shape index (κ2) is 27.9. The Morgan fingerprint density at radius 3 is 1.47 bits per heavy atom.